The number of nitrogens with zero attached hydrogens (tertiary/aromatic N) is 2. The van der Waals surface area contributed by atoms with Crippen LogP contribution in [0.25, 0.3) is 0 Å². The van der Waals surface area contributed by atoms with E-state index >= 15 is 0 Å². The topological polar surface area (TPSA) is 64.8 Å². The number of piperidine rings is 1. The van der Waals surface area contributed by atoms with Crippen LogP contribution in [0.2, 0.25) is 0 Å². The molecule has 3 heterocycles. The molecule has 23 heavy (non-hydrogen) atoms. The van der Waals surface area contributed by atoms with E-state index in [0.717, 1.165) is 58.1 Å². The highest BCUT2D eigenvalue weighted by Gasteiger charge is 2.43. The van der Waals surface area contributed by atoms with Gasteiger partial charge in [-0.1, -0.05) is 0 Å². The van der Waals surface area contributed by atoms with Crippen molar-refractivity contribution in [2.75, 3.05) is 32.9 Å². The van der Waals surface area contributed by atoms with E-state index in [1.807, 2.05) is 4.90 Å². The summed E-state index contributed by atoms with van der Waals surface area (Å²) in [5.74, 6) is 0.771. The summed E-state index contributed by atoms with van der Waals surface area (Å²) in [5, 5.41) is 0. The molecule has 1 aliphatic carbocycles. The third-order valence-electron chi connectivity index (χ3n) is 5.40. The second kappa shape index (κ2) is 6.24. The van der Waals surface area contributed by atoms with Crippen LogP contribution in [0.3, 0.4) is 0 Å². The van der Waals surface area contributed by atoms with Gasteiger partial charge >= 0.3 is 0 Å². The van der Waals surface area contributed by atoms with Gasteiger partial charge in [0.05, 0.1) is 19.3 Å². The standard InChI is InChI=1S/C17H24N2O4/c20-16(15-10-22-12-18-15)19-5-3-17(4-6-19)7-14(23-11-17)9-21-8-13-1-2-13/h10,12-14H,1-9,11H2/t14-/m0/s1. The number of likely N-dealkylation sites (tertiary alicyclic amines) is 1. The lowest BCUT2D eigenvalue weighted by Gasteiger charge is -2.38. The second-order valence-electron chi connectivity index (χ2n) is 7.28. The molecule has 0 unspecified atom stereocenters. The molecule has 1 saturated carbocycles. The van der Waals surface area contributed by atoms with Gasteiger partial charge in [-0.15, -0.1) is 0 Å². The maximum atomic E-state index is 12.3. The Labute approximate surface area is 136 Å². The van der Waals surface area contributed by atoms with Crippen molar-refractivity contribution in [1.29, 1.82) is 0 Å². The minimum absolute atomic E-state index is 0.0307. The molecule has 0 bridgehead atoms. The molecule has 3 aliphatic rings. The van der Waals surface area contributed by atoms with Gasteiger partial charge in [0.2, 0.25) is 0 Å². The van der Waals surface area contributed by atoms with Gasteiger partial charge in [0.1, 0.15) is 6.26 Å². The molecule has 126 valence electrons. The normalized spacial score (nSPS) is 26.8. The quantitative estimate of drug-likeness (QED) is 0.831. The summed E-state index contributed by atoms with van der Waals surface area (Å²) in [6, 6.07) is 0. The van der Waals surface area contributed by atoms with Gasteiger partial charge < -0.3 is 18.8 Å². The molecule has 1 aromatic heterocycles. The fourth-order valence-corrected chi connectivity index (χ4v) is 3.67. The predicted octanol–water partition coefficient (Wildman–Crippen LogP) is 2.11. The first-order chi connectivity index (χ1) is 11.2. The average molecular weight is 320 g/mol. The average Bonchev–Trinajstić information content (AvgIpc) is 3.08. The number of hydrogen-bond donors (Lipinski definition) is 0. The van der Waals surface area contributed by atoms with E-state index in [4.69, 9.17) is 13.9 Å². The van der Waals surface area contributed by atoms with Crippen molar-refractivity contribution in [3.8, 4) is 0 Å². The minimum atomic E-state index is -0.0307. The Morgan fingerprint density at radius 1 is 1.35 bits per heavy atom. The highest BCUT2D eigenvalue weighted by Crippen LogP contribution is 2.42. The second-order valence-corrected chi connectivity index (χ2v) is 7.28. The molecule has 0 radical (unpaired) electrons. The number of aromatic nitrogens is 1. The van der Waals surface area contributed by atoms with Crippen LogP contribution in [0.5, 0.6) is 0 Å². The fraction of sp³-hybridized carbons (Fsp3) is 0.765. The summed E-state index contributed by atoms with van der Waals surface area (Å²) >= 11 is 0. The van der Waals surface area contributed by atoms with Crippen LogP contribution in [0.1, 0.15) is 42.6 Å². The molecule has 6 heteroatoms. The lowest BCUT2D eigenvalue weighted by atomic mass is 9.76. The number of carbonyl (C=O) groups excluding carboxylic acids is 1. The SMILES string of the molecule is O=C(c1cocn1)N1CCC2(CC1)CO[C@H](COCC1CC1)C2. The van der Waals surface area contributed by atoms with Crippen molar-refractivity contribution in [3.63, 3.8) is 0 Å². The highest BCUT2D eigenvalue weighted by atomic mass is 16.5. The molecular weight excluding hydrogens is 296 g/mol. The smallest absolute Gasteiger partial charge is 0.275 e. The molecule has 1 aromatic rings. The fourth-order valence-electron chi connectivity index (χ4n) is 3.67. The first-order valence-corrected chi connectivity index (χ1v) is 8.61. The Morgan fingerprint density at radius 3 is 2.87 bits per heavy atom. The van der Waals surface area contributed by atoms with Crippen LogP contribution in [-0.2, 0) is 9.47 Å². The summed E-state index contributed by atoms with van der Waals surface area (Å²) in [6.07, 6.45) is 8.64. The highest BCUT2D eigenvalue weighted by molar-refractivity contribution is 5.91. The maximum absolute atomic E-state index is 12.3. The van der Waals surface area contributed by atoms with E-state index in [-0.39, 0.29) is 17.4 Å². The van der Waals surface area contributed by atoms with Crippen molar-refractivity contribution in [2.24, 2.45) is 11.3 Å². The summed E-state index contributed by atoms with van der Waals surface area (Å²) < 4.78 is 16.6. The summed E-state index contributed by atoms with van der Waals surface area (Å²) in [4.78, 5) is 18.1. The first kappa shape index (κ1) is 15.1. The third-order valence-corrected chi connectivity index (χ3v) is 5.40. The lowest BCUT2D eigenvalue weighted by Crippen LogP contribution is -2.43. The number of rotatable bonds is 5. The van der Waals surface area contributed by atoms with Gasteiger partial charge in [-0.3, -0.25) is 4.79 Å². The molecule has 1 spiro atoms. The molecule has 1 amide bonds. The van der Waals surface area contributed by atoms with Crippen LogP contribution in [0, 0.1) is 11.3 Å². The molecule has 0 aromatic carbocycles. The van der Waals surface area contributed by atoms with E-state index < -0.39 is 0 Å². The van der Waals surface area contributed by atoms with E-state index in [1.54, 1.807) is 0 Å². The van der Waals surface area contributed by atoms with Crippen molar-refractivity contribution in [2.45, 2.75) is 38.2 Å². The number of ether oxygens (including phenoxy) is 2. The Balaban J connectivity index is 1.25. The van der Waals surface area contributed by atoms with E-state index in [0.29, 0.717) is 5.69 Å². The van der Waals surface area contributed by atoms with Crippen LogP contribution in [-0.4, -0.2) is 54.8 Å². The summed E-state index contributed by atoms with van der Waals surface area (Å²) in [5.41, 5.74) is 0.628. The van der Waals surface area contributed by atoms with E-state index in [1.165, 1.54) is 25.5 Å². The Morgan fingerprint density at radius 2 is 2.17 bits per heavy atom. The Bertz CT molecular complexity index is 533. The van der Waals surface area contributed by atoms with Crippen molar-refractivity contribution < 1.29 is 18.7 Å². The van der Waals surface area contributed by atoms with Gasteiger partial charge in [-0.05, 0) is 43.4 Å². The molecule has 2 aliphatic heterocycles. The van der Waals surface area contributed by atoms with Crippen LogP contribution in [0.15, 0.2) is 17.1 Å². The van der Waals surface area contributed by atoms with Gasteiger partial charge in [0.15, 0.2) is 12.1 Å². The van der Waals surface area contributed by atoms with Gasteiger partial charge in [0.25, 0.3) is 5.91 Å². The lowest BCUT2D eigenvalue weighted by molar-refractivity contribution is 0.00937. The molecular formula is C17H24N2O4. The van der Waals surface area contributed by atoms with Gasteiger partial charge in [-0.2, -0.15) is 0 Å². The monoisotopic (exact) mass is 320 g/mol. The first-order valence-electron chi connectivity index (χ1n) is 8.61. The molecule has 0 N–H and O–H groups in total. The Hall–Kier alpha value is -1.40. The number of amides is 1. The largest absolute Gasteiger partial charge is 0.451 e. The predicted molar refractivity (Wildman–Crippen MR) is 82.0 cm³/mol. The molecule has 4 rings (SSSR count). The number of carbonyl (C=O) groups is 1. The Kier molecular flexibility index (Phi) is 4.11. The van der Waals surface area contributed by atoms with E-state index in [9.17, 15) is 4.79 Å². The molecule has 3 fully saturated rings. The zero-order valence-electron chi connectivity index (χ0n) is 13.4. The summed E-state index contributed by atoms with van der Waals surface area (Å²) in [6.45, 7) is 3.96. The molecule has 6 nitrogen and oxygen atoms in total. The van der Waals surface area contributed by atoms with Crippen LogP contribution < -0.4 is 0 Å². The van der Waals surface area contributed by atoms with Gasteiger partial charge in [0, 0.05) is 19.7 Å². The molecule has 1 atom stereocenters. The maximum Gasteiger partial charge on any atom is 0.275 e. The van der Waals surface area contributed by atoms with E-state index in [2.05, 4.69) is 4.98 Å². The van der Waals surface area contributed by atoms with Crippen molar-refractivity contribution >= 4 is 5.91 Å². The zero-order valence-corrected chi connectivity index (χ0v) is 13.4. The van der Waals surface area contributed by atoms with Gasteiger partial charge in [-0.25, -0.2) is 4.98 Å². The summed E-state index contributed by atoms with van der Waals surface area (Å²) in [7, 11) is 0. The number of oxazole rings is 1. The number of hydrogen-bond acceptors (Lipinski definition) is 5. The molecule has 2 saturated heterocycles. The van der Waals surface area contributed by atoms with Crippen molar-refractivity contribution in [1.82, 2.24) is 9.88 Å². The van der Waals surface area contributed by atoms with Crippen LogP contribution >= 0.6 is 0 Å². The third kappa shape index (κ3) is 3.43. The zero-order chi connectivity index (χ0) is 15.7. The minimum Gasteiger partial charge on any atom is -0.451 e. The van der Waals surface area contributed by atoms with Crippen LogP contribution in [0.4, 0.5) is 0 Å². The van der Waals surface area contributed by atoms with Crippen molar-refractivity contribution in [3.05, 3.63) is 18.4 Å².